The smallest absolute Gasteiger partial charge is 0.234 e. The third-order valence-electron chi connectivity index (χ3n) is 2.85. The minimum Gasteiger partial charge on any atom is -0.369 e. The Labute approximate surface area is 76.6 Å². The van der Waals surface area contributed by atoms with Crippen molar-refractivity contribution in [1.82, 2.24) is 0 Å². The van der Waals surface area contributed by atoms with Crippen molar-refractivity contribution in [3.8, 4) is 0 Å². The minimum atomic E-state index is -1.31. The number of hydrogen-bond donors (Lipinski definition) is 3. The fraction of sp³-hybridized carbons (Fsp3) is 0.750. The van der Waals surface area contributed by atoms with E-state index in [-0.39, 0.29) is 0 Å². The summed E-state index contributed by atoms with van der Waals surface area (Å²) >= 11 is 0. The molecule has 0 heterocycles. The summed E-state index contributed by atoms with van der Waals surface area (Å²) in [4.78, 5) is 22.3. The van der Waals surface area contributed by atoms with Gasteiger partial charge in [0.2, 0.25) is 11.8 Å². The zero-order valence-electron chi connectivity index (χ0n) is 7.45. The van der Waals surface area contributed by atoms with Crippen molar-refractivity contribution in [2.45, 2.75) is 31.7 Å². The summed E-state index contributed by atoms with van der Waals surface area (Å²) in [5.74, 6) is -1.38. The second-order valence-electron chi connectivity index (χ2n) is 3.55. The molecule has 6 N–H and O–H groups in total. The van der Waals surface area contributed by atoms with Crippen molar-refractivity contribution >= 4 is 11.8 Å². The van der Waals surface area contributed by atoms with Crippen LogP contribution in [0.1, 0.15) is 25.7 Å². The van der Waals surface area contributed by atoms with Crippen LogP contribution >= 0.6 is 0 Å². The maximum atomic E-state index is 11.2. The monoisotopic (exact) mass is 185 g/mol. The second-order valence-corrected chi connectivity index (χ2v) is 3.55. The summed E-state index contributed by atoms with van der Waals surface area (Å²) < 4.78 is 0. The molecule has 1 saturated carbocycles. The first-order valence-corrected chi connectivity index (χ1v) is 4.37. The Kier molecular flexibility index (Phi) is 2.56. The molecule has 2 amide bonds. The first kappa shape index (κ1) is 9.98. The lowest BCUT2D eigenvalue weighted by Gasteiger charge is -2.36. The molecular formula is C8H15N3O2. The van der Waals surface area contributed by atoms with Gasteiger partial charge in [-0.15, -0.1) is 0 Å². The van der Waals surface area contributed by atoms with Crippen LogP contribution in [0.4, 0.5) is 0 Å². The van der Waals surface area contributed by atoms with Gasteiger partial charge in [-0.2, -0.15) is 0 Å². The maximum Gasteiger partial charge on any atom is 0.234 e. The molecule has 0 spiro atoms. The van der Waals surface area contributed by atoms with Gasteiger partial charge in [0.1, 0.15) is 5.41 Å². The molecule has 5 nitrogen and oxygen atoms in total. The molecule has 0 saturated heterocycles. The van der Waals surface area contributed by atoms with Crippen LogP contribution in [0.2, 0.25) is 0 Å². The number of primary amides is 2. The lowest BCUT2D eigenvalue weighted by molar-refractivity contribution is -0.143. The molecule has 1 aliphatic rings. The molecule has 1 aliphatic carbocycles. The van der Waals surface area contributed by atoms with Crippen molar-refractivity contribution in [2.24, 2.45) is 22.6 Å². The molecule has 1 rings (SSSR count). The molecule has 0 bridgehead atoms. The predicted octanol–water partition coefficient (Wildman–Crippen LogP) is -1.16. The number of carbonyl (C=O) groups is 2. The summed E-state index contributed by atoms with van der Waals surface area (Å²) in [6.07, 6.45) is 2.72. The lowest BCUT2D eigenvalue weighted by Crippen LogP contribution is -2.59. The molecule has 5 heteroatoms. The van der Waals surface area contributed by atoms with Crippen LogP contribution in [0.5, 0.6) is 0 Å². The van der Waals surface area contributed by atoms with Crippen LogP contribution in [0.3, 0.4) is 0 Å². The van der Waals surface area contributed by atoms with E-state index in [1.54, 1.807) is 0 Å². The van der Waals surface area contributed by atoms with Gasteiger partial charge >= 0.3 is 0 Å². The van der Waals surface area contributed by atoms with E-state index in [0.29, 0.717) is 12.8 Å². The van der Waals surface area contributed by atoms with Crippen LogP contribution in [0, 0.1) is 5.41 Å². The Morgan fingerprint density at radius 3 is 2.00 bits per heavy atom. The van der Waals surface area contributed by atoms with E-state index < -0.39 is 23.3 Å². The maximum absolute atomic E-state index is 11.2. The van der Waals surface area contributed by atoms with Crippen LogP contribution < -0.4 is 17.2 Å². The van der Waals surface area contributed by atoms with Gasteiger partial charge in [0.05, 0.1) is 0 Å². The molecular weight excluding hydrogens is 170 g/mol. The third kappa shape index (κ3) is 1.39. The number of rotatable bonds is 2. The average molecular weight is 185 g/mol. The minimum absolute atomic E-state index is 0.388. The summed E-state index contributed by atoms with van der Waals surface area (Å²) in [5, 5.41) is 0. The van der Waals surface area contributed by atoms with Crippen molar-refractivity contribution in [3.63, 3.8) is 0 Å². The van der Waals surface area contributed by atoms with E-state index in [4.69, 9.17) is 17.2 Å². The predicted molar refractivity (Wildman–Crippen MR) is 47.3 cm³/mol. The summed E-state index contributed by atoms with van der Waals surface area (Å²) in [6, 6.07) is -0.517. The largest absolute Gasteiger partial charge is 0.369 e. The number of carbonyl (C=O) groups excluding carboxylic acids is 2. The molecule has 0 aromatic rings. The zero-order valence-corrected chi connectivity index (χ0v) is 7.45. The molecule has 1 fully saturated rings. The molecule has 0 aliphatic heterocycles. The van der Waals surface area contributed by atoms with E-state index in [9.17, 15) is 9.59 Å². The SMILES string of the molecule is NC(=O)C1(C(N)=O)CCCCC1N. The Hall–Kier alpha value is -1.10. The molecule has 1 atom stereocenters. The van der Waals surface area contributed by atoms with E-state index in [0.717, 1.165) is 12.8 Å². The Morgan fingerprint density at radius 2 is 1.69 bits per heavy atom. The highest BCUT2D eigenvalue weighted by atomic mass is 16.2. The van der Waals surface area contributed by atoms with Crippen LogP contribution in [0.25, 0.3) is 0 Å². The van der Waals surface area contributed by atoms with Crippen molar-refractivity contribution in [1.29, 1.82) is 0 Å². The van der Waals surface area contributed by atoms with Crippen molar-refractivity contribution < 1.29 is 9.59 Å². The molecule has 13 heavy (non-hydrogen) atoms. The average Bonchev–Trinajstić information content (AvgIpc) is 2.04. The molecule has 0 radical (unpaired) electrons. The van der Waals surface area contributed by atoms with Crippen LogP contribution in [-0.4, -0.2) is 17.9 Å². The van der Waals surface area contributed by atoms with Gasteiger partial charge < -0.3 is 17.2 Å². The topological polar surface area (TPSA) is 112 Å². The highest BCUT2D eigenvalue weighted by Gasteiger charge is 2.49. The van der Waals surface area contributed by atoms with Gasteiger partial charge in [-0.3, -0.25) is 9.59 Å². The molecule has 0 aromatic heterocycles. The van der Waals surface area contributed by atoms with E-state index in [1.165, 1.54) is 0 Å². The second kappa shape index (κ2) is 3.33. The Bertz CT molecular complexity index is 226. The first-order valence-electron chi connectivity index (χ1n) is 4.37. The van der Waals surface area contributed by atoms with Crippen LogP contribution in [0.15, 0.2) is 0 Å². The first-order chi connectivity index (χ1) is 6.01. The number of hydrogen-bond acceptors (Lipinski definition) is 3. The zero-order chi connectivity index (χ0) is 10.1. The Balaban J connectivity index is 3.00. The van der Waals surface area contributed by atoms with E-state index >= 15 is 0 Å². The van der Waals surface area contributed by atoms with Gasteiger partial charge in [-0.05, 0) is 12.8 Å². The number of amides is 2. The summed E-state index contributed by atoms with van der Waals surface area (Å²) in [6.45, 7) is 0. The quantitative estimate of drug-likeness (QED) is 0.472. The highest BCUT2D eigenvalue weighted by molar-refractivity contribution is 6.04. The third-order valence-corrected chi connectivity index (χ3v) is 2.85. The fourth-order valence-corrected chi connectivity index (χ4v) is 1.93. The summed E-state index contributed by atoms with van der Waals surface area (Å²) in [5.41, 5.74) is 14.8. The van der Waals surface area contributed by atoms with Gasteiger partial charge in [-0.25, -0.2) is 0 Å². The van der Waals surface area contributed by atoms with E-state index in [2.05, 4.69) is 0 Å². The normalized spacial score (nSPS) is 26.7. The van der Waals surface area contributed by atoms with Gasteiger partial charge in [0, 0.05) is 6.04 Å². The van der Waals surface area contributed by atoms with E-state index in [1.807, 2.05) is 0 Å². The van der Waals surface area contributed by atoms with Crippen molar-refractivity contribution in [3.05, 3.63) is 0 Å². The Morgan fingerprint density at radius 1 is 1.15 bits per heavy atom. The summed E-state index contributed by atoms with van der Waals surface area (Å²) in [7, 11) is 0. The van der Waals surface area contributed by atoms with Crippen LogP contribution in [-0.2, 0) is 9.59 Å². The van der Waals surface area contributed by atoms with Gasteiger partial charge in [-0.1, -0.05) is 12.8 Å². The lowest BCUT2D eigenvalue weighted by atomic mass is 9.69. The standard InChI is InChI=1S/C8H15N3O2/c9-5-3-1-2-4-8(5,6(10)12)7(11)13/h5H,1-4,9H2,(H2,10,12)(H2,11,13). The molecule has 74 valence electrons. The molecule has 0 aromatic carbocycles. The fourth-order valence-electron chi connectivity index (χ4n) is 1.93. The van der Waals surface area contributed by atoms with Gasteiger partial charge in [0.15, 0.2) is 0 Å². The highest BCUT2D eigenvalue weighted by Crippen LogP contribution is 2.34. The number of nitrogens with two attached hydrogens (primary N) is 3. The van der Waals surface area contributed by atoms with Crippen molar-refractivity contribution in [2.75, 3.05) is 0 Å². The molecule has 1 unspecified atom stereocenters. The van der Waals surface area contributed by atoms with Gasteiger partial charge in [0.25, 0.3) is 0 Å².